The number of carbonyl (C=O) groups is 3. The van der Waals surface area contributed by atoms with Crippen molar-refractivity contribution in [1.29, 1.82) is 0 Å². The second kappa shape index (κ2) is 5.74. The summed E-state index contributed by atoms with van der Waals surface area (Å²) in [6.45, 7) is 1.44. The van der Waals surface area contributed by atoms with E-state index in [-0.39, 0.29) is 28.6 Å². The molecule has 2 aromatic heterocycles. The highest BCUT2D eigenvalue weighted by molar-refractivity contribution is 6.33. The van der Waals surface area contributed by atoms with E-state index in [0.717, 1.165) is 21.7 Å². The summed E-state index contributed by atoms with van der Waals surface area (Å²) in [5.41, 5.74) is 2.93. The fourth-order valence-electron chi connectivity index (χ4n) is 4.75. The molecule has 0 N–H and O–H groups in total. The van der Waals surface area contributed by atoms with Gasteiger partial charge in [0.15, 0.2) is 17.3 Å². The average Bonchev–Trinajstić information content (AvgIpc) is 3.13. The molecule has 0 saturated heterocycles. The molecule has 4 nitrogen and oxygen atoms in total. The predicted octanol–water partition coefficient (Wildman–Crippen LogP) is 5.22. The van der Waals surface area contributed by atoms with Gasteiger partial charge in [-0.3, -0.25) is 14.4 Å². The molecule has 0 bridgehead atoms. The number of fused-ring (bicyclic) bond motifs is 8. The van der Waals surface area contributed by atoms with Gasteiger partial charge in [-0.1, -0.05) is 60.7 Å². The molecule has 0 saturated carbocycles. The van der Waals surface area contributed by atoms with Crippen LogP contribution in [0.3, 0.4) is 0 Å². The number of aromatic nitrogens is 1. The lowest BCUT2D eigenvalue weighted by Crippen LogP contribution is -2.21. The third-order valence-electron chi connectivity index (χ3n) is 6.01. The van der Waals surface area contributed by atoms with E-state index in [1.54, 1.807) is 28.7 Å². The molecule has 0 atom stereocenters. The van der Waals surface area contributed by atoms with Crippen LogP contribution >= 0.6 is 0 Å². The first-order valence-electron chi connectivity index (χ1n) is 9.76. The fourth-order valence-corrected chi connectivity index (χ4v) is 4.75. The Bertz CT molecular complexity index is 1600. The number of hydrogen-bond acceptors (Lipinski definition) is 3. The lowest BCUT2D eigenvalue weighted by molar-refractivity contribution is 0.0968. The number of hydrogen-bond donors (Lipinski definition) is 0. The summed E-state index contributed by atoms with van der Waals surface area (Å²) in [4.78, 5) is 39.5. The Morgan fingerprint density at radius 3 is 2.03 bits per heavy atom. The monoisotopic (exact) mass is 389 g/mol. The highest BCUT2D eigenvalue weighted by atomic mass is 16.1. The molecule has 6 rings (SSSR count). The molecule has 2 heterocycles. The molecular weight excluding hydrogens is 374 g/mol. The van der Waals surface area contributed by atoms with Crippen LogP contribution in [0.5, 0.6) is 0 Å². The van der Waals surface area contributed by atoms with E-state index in [1.807, 2.05) is 48.5 Å². The number of nitrogens with zero attached hydrogens (tertiary/aromatic N) is 1. The quantitative estimate of drug-likeness (QED) is 0.286. The zero-order valence-corrected chi connectivity index (χ0v) is 16.1. The number of pyridine rings is 1. The summed E-state index contributed by atoms with van der Waals surface area (Å²) in [6, 6.07) is 22.6. The summed E-state index contributed by atoms with van der Waals surface area (Å²) in [5.74, 6) is -0.735. The third kappa shape index (κ3) is 1.97. The highest BCUT2D eigenvalue weighted by Crippen LogP contribution is 2.37. The van der Waals surface area contributed by atoms with Gasteiger partial charge in [0.1, 0.15) is 5.69 Å². The minimum atomic E-state index is -0.275. The number of rotatable bonds is 1. The van der Waals surface area contributed by atoms with Gasteiger partial charge in [0.2, 0.25) is 0 Å². The molecule has 1 aliphatic rings. The van der Waals surface area contributed by atoms with E-state index < -0.39 is 0 Å². The molecule has 4 heteroatoms. The Kier molecular flexibility index (Phi) is 3.22. The number of Topliss-reactive ketones (excluding diaryl/α,β-unsaturated/α-hetero) is 1. The van der Waals surface area contributed by atoms with Gasteiger partial charge in [0.05, 0.1) is 22.2 Å². The van der Waals surface area contributed by atoms with Crippen LogP contribution in [-0.4, -0.2) is 21.8 Å². The predicted molar refractivity (Wildman–Crippen MR) is 116 cm³/mol. The van der Waals surface area contributed by atoms with E-state index in [4.69, 9.17) is 0 Å². The van der Waals surface area contributed by atoms with E-state index >= 15 is 0 Å². The fraction of sp³-hybridized carbons (Fsp3) is 0.0385. The first-order chi connectivity index (χ1) is 14.6. The second-order valence-corrected chi connectivity index (χ2v) is 7.63. The molecule has 0 spiro atoms. The normalized spacial score (nSPS) is 13.1. The standard InChI is InChI=1S/C26H15NO3/c1-14(28)24-23-22(25(29)18-8-4-5-9-19(18)26(23)30)21-13-11-17-16-7-3-2-6-15(16)10-12-20(17)27(21)24/h2-13H,1H3. The number of carbonyl (C=O) groups excluding carboxylic acids is 3. The first kappa shape index (κ1) is 16.9. The van der Waals surface area contributed by atoms with Crippen LogP contribution in [0.2, 0.25) is 0 Å². The maximum atomic E-state index is 13.4. The highest BCUT2D eigenvalue weighted by Gasteiger charge is 2.37. The lowest BCUT2D eigenvalue weighted by atomic mass is 9.84. The Morgan fingerprint density at radius 2 is 1.30 bits per heavy atom. The minimum Gasteiger partial charge on any atom is -0.305 e. The first-order valence-corrected chi connectivity index (χ1v) is 9.76. The van der Waals surface area contributed by atoms with Crippen LogP contribution in [0.15, 0.2) is 72.8 Å². The van der Waals surface area contributed by atoms with E-state index in [2.05, 4.69) is 0 Å². The van der Waals surface area contributed by atoms with Gasteiger partial charge in [-0.05, 0) is 22.9 Å². The molecule has 142 valence electrons. The van der Waals surface area contributed by atoms with E-state index in [1.165, 1.54) is 6.92 Å². The molecule has 1 aliphatic carbocycles. The van der Waals surface area contributed by atoms with Crippen molar-refractivity contribution in [2.24, 2.45) is 0 Å². The van der Waals surface area contributed by atoms with Crippen LogP contribution in [0.1, 0.15) is 49.3 Å². The zero-order valence-electron chi connectivity index (χ0n) is 16.1. The van der Waals surface area contributed by atoms with Crippen LogP contribution in [-0.2, 0) is 0 Å². The summed E-state index contributed by atoms with van der Waals surface area (Å²) < 4.78 is 1.79. The number of ketones is 3. The maximum Gasteiger partial charge on any atom is 0.196 e. The van der Waals surface area contributed by atoms with Crippen LogP contribution in [0.4, 0.5) is 0 Å². The topological polar surface area (TPSA) is 55.6 Å². The van der Waals surface area contributed by atoms with Gasteiger partial charge in [-0.15, -0.1) is 0 Å². The van der Waals surface area contributed by atoms with Crippen LogP contribution in [0, 0.1) is 0 Å². The molecule has 0 aliphatic heterocycles. The van der Waals surface area contributed by atoms with Crippen molar-refractivity contribution < 1.29 is 14.4 Å². The van der Waals surface area contributed by atoms with Gasteiger partial charge in [0, 0.05) is 23.4 Å². The van der Waals surface area contributed by atoms with Crippen molar-refractivity contribution in [2.75, 3.05) is 0 Å². The molecule has 0 fully saturated rings. The van der Waals surface area contributed by atoms with Crippen LogP contribution in [0.25, 0.3) is 27.2 Å². The molecule has 0 unspecified atom stereocenters. The molecule has 3 aromatic carbocycles. The summed E-state index contributed by atoms with van der Waals surface area (Å²) >= 11 is 0. The van der Waals surface area contributed by atoms with Gasteiger partial charge >= 0.3 is 0 Å². The van der Waals surface area contributed by atoms with Crippen molar-refractivity contribution in [1.82, 2.24) is 4.40 Å². The van der Waals surface area contributed by atoms with Crippen LogP contribution < -0.4 is 0 Å². The Labute approximate surface area is 171 Å². The molecule has 30 heavy (non-hydrogen) atoms. The van der Waals surface area contributed by atoms with Crippen molar-refractivity contribution >= 4 is 44.5 Å². The Hall–Kier alpha value is -4.05. The minimum absolute atomic E-state index is 0.215. The molecule has 0 radical (unpaired) electrons. The molecular formula is C26H15NO3. The Morgan fingerprint density at radius 1 is 0.667 bits per heavy atom. The van der Waals surface area contributed by atoms with Gasteiger partial charge in [-0.25, -0.2) is 0 Å². The van der Waals surface area contributed by atoms with Gasteiger partial charge in [0.25, 0.3) is 0 Å². The SMILES string of the molecule is CC(=O)c1c2c(c3ccc4c5ccccc5ccc4n13)C(=O)c1ccccc1C2=O. The lowest BCUT2D eigenvalue weighted by Gasteiger charge is -2.14. The maximum absolute atomic E-state index is 13.4. The third-order valence-corrected chi connectivity index (χ3v) is 6.01. The number of benzene rings is 3. The molecule has 5 aromatic rings. The average molecular weight is 389 g/mol. The van der Waals surface area contributed by atoms with Crippen molar-refractivity contribution in [3.05, 3.63) is 101 Å². The van der Waals surface area contributed by atoms with Gasteiger partial charge < -0.3 is 4.40 Å². The van der Waals surface area contributed by atoms with Crippen molar-refractivity contribution in [3.63, 3.8) is 0 Å². The second-order valence-electron chi connectivity index (χ2n) is 7.63. The van der Waals surface area contributed by atoms with E-state index in [9.17, 15) is 14.4 Å². The smallest absolute Gasteiger partial charge is 0.196 e. The van der Waals surface area contributed by atoms with Gasteiger partial charge in [-0.2, -0.15) is 0 Å². The van der Waals surface area contributed by atoms with E-state index in [0.29, 0.717) is 22.2 Å². The molecule has 0 amide bonds. The van der Waals surface area contributed by atoms with Crippen molar-refractivity contribution in [2.45, 2.75) is 6.92 Å². The Balaban J connectivity index is 1.84. The zero-order chi connectivity index (χ0) is 20.6. The summed E-state index contributed by atoms with van der Waals surface area (Å²) in [6.07, 6.45) is 0. The largest absolute Gasteiger partial charge is 0.305 e. The summed E-state index contributed by atoms with van der Waals surface area (Å²) in [5, 5.41) is 3.11. The summed E-state index contributed by atoms with van der Waals surface area (Å²) in [7, 11) is 0. The van der Waals surface area contributed by atoms with Crippen molar-refractivity contribution in [3.8, 4) is 0 Å².